The molecular formula is C100H140N2O6S6. The lowest BCUT2D eigenvalue weighted by molar-refractivity contribution is -0.124. The van der Waals surface area contributed by atoms with Crippen LogP contribution in [0.15, 0.2) is 132 Å². The minimum absolute atomic E-state index is 0.0107. The van der Waals surface area contributed by atoms with Crippen molar-refractivity contribution in [3.63, 3.8) is 0 Å². The van der Waals surface area contributed by atoms with Gasteiger partial charge in [0.1, 0.15) is 11.5 Å². The number of benzene rings is 2. The van der Waals surface area contributed by atoms with E-state index in [0.717, 1.165) is 120 Å². The summed E-state index contributed by atoms with van der Waals surface area (Å²) in [6.07, 6.45) is 55.5. The van der Waals surface area contributed by atoms with Gasteiger partial charge in [-0.1, -0.05) is 272 Å². The largest absolute Gasteiger partial charge is 0.494 e. The van der Waals surface area contributed by atoms with Gasteiger partial charge in [0, 0.05) is 75.1 Å². The van der Waals surface area contributed by atoms with Crippen LogP contribution in [0.3, 0.4) is 0 Å². The highest BCUT2D eigenvalue weighted by Gasteiger charge is 2.50. The van der Waals surface area contributed by atoms with Crippen LogP contribution in [-0.2, 0) is 9.59 Å². The first kappa shape index (κ1) is 90.9. The minimum atomic E-state index is 0.0107. The standard InChI is InChI=1S/C100H140N2O6S6/c1-5-9-13-17-31-39-47-77(48-40-32-18-14-10-6-2)75-101-97(93-69-67-91(113-93)89-65-63-87(111-89)85-61-59-83(109-85)79-51-55-81(56-52-79)107-73-45-37-29-25-21-23-27-35-43-71-103)95-96(99(101)105)98(102(100(95)106)76-78(49-41-33-19-15-11-7-3)50-42-34-20-16-12-8-4)94-70-68-92(114-94)90-66-64-88(112-90)86-62-60-84(110-86)80-53-57-82(58-54-80)108-74-46-38-30-26-22-24-28-36-44-72-104/h51-70,77-78,103-104H,5-50,71-76H2,1-4H3. The van der Waals surface area contributed by atoms with E-state index in [1.165, 1.54) is 281 Å². The molecule has 0 saturated heterocycles. The highest BCUT2D eigenvalue weighted by Crippen LogP contribution is 2.53. The Morgan fingerprint density at radius 2 is 0.482 bits per heavy atom. The summed E-state index contributed by atoms with van der Waals surface area (Å²) in [4.78, 5) is 51.6. The maximum atomic E-state index is 16.6. The quantitative estimate of drug-likeness (QED) is 0.0369. The summed E-state index contributed by atoms with van der Waals surface area (Å²) < 4.78 is 12.4. The molecule has 0 aliphatic carbocycles. The molecule has 0 spiro atoms. The van der Waals surface area contributed by atoms with Gasteiger partial charge >= 0.3 is 0 Å². The molecule has 0 saturated carbocycles. The van der Waals surface area contributed by atoms with E-state index in [1.807, 2.05) is 45.3 Å². The van der Waals surface area contributed by atoms with Crippen LogP contribution in [-0.4, -0.2) is 71.3 Å². The predicted octanol–water partition coefficient (Wildman–Crippen LogP) is 31.9. The van der Waals surface area contributed by atoms with Gasteiger partial charge in [-0.25, -0.2) is 0 Å². The third kappa shape index (κ3) is 28.9. The summed E-state index contributed by atoms with van der Waals surface area (Å²) in [7, 11) is 0. The van der Waals surface area contributed by atoms with Crippen LogP contribution in [0.4, 0.5) is 0 Å². The van der Waals surface area contributed by atoms with Crippen LogP contribution in [0.1, 0.15) is 333 Å². The Bertz CT molecular complexity index is 3750. The molecule has 0 radical (unpaired) electrons. The average molecular weight is 1660 g/mol. The lowest BCUT2D eigenvalue weighted by Gasteiger charge is -2.29. The van der Waals surface area contributed by atoms with E-state index in [0.29, 0.717) is 49.3 Å². The van der Waals surface area contributed by atoms with Crippen LogP contribution in [0.2, 0.25) is 0 Å². The van der Waals surface area contributed by atoms with E-state index in [-0.39, 0.29) is 11.8 Å². The molecule has 2 N–H and O–H groups in total. The van der Waals surface area contributed by atoms with Gasteiger partial charge in [0.15, 0.2) is 0 Å². The lowest BCUT2D eigenvalue weighted by Crippen LogP contribution is -2.34. The van der Waals surface area contributed by atoms with Gasteiger partial charge in [-0.3, -0.25) is 9.59 Å². The molecular weight excluding hydrogens is 1520 g/mol. The van der Waals surface area contributed by atoms with E-state index in [2.05, 4.69) is 159 Å². The Morgan fingerprint density at radius 3 is 0.754 bits per heavy atom. The summed E-state index contributed by atoms with van der Waals surface area (Å²) in [6.45, 7) is 12.6. The van der Waals surface area contributed by atoms with Gasteiger partial charge in [-0.2, -0.15) is 0 Å². The first-order valence-electron chi connectivity index (χ1n) is 45.6. The lowest BCUT2D eigenvalue weighted by atomic mass is 9.93. The number of nitrogens with zero attached hydrogens (tertiary/aromatic N) is 2. The molecule has 2 aliphatic heterocycles. The molecule has 622 valence electrons. The number of hydrogen-bond acceptors (Lipinski definition) is 12. The first-order chi connectivity index (χ1) is 56.2. The van der Waals surface area contributed by atoms with Crippen LogP contribution >= 0.6 is 68.0 Å². The van der Waals surface area contributed by atoms with Crippen LogP contribution in [0, 0.1) is 11.8 Å². The van der Waals surface area contributed by atoms with Crippen molar-refractivity contribution in [2.24, 2.45) is 11.8 Å². The maximum Gasteiger partial charge on any atom is 0.261 e. The van der Waals surface area contributed by atoms with Gasteiger partial charge in [-0.05, 0) is 196 Å². The Labute approximate surface area is 712 Å². The molecule has 2 aliphatic rings. The molecule has 6 aromatic heterocycles. The number of unbranched alkanes of at least 4 members (excludes halogenated alkanes) is 36. The number of ether oxygens (including phenoxy) is 2. The zero-order valence-electron chi connectivity index (χ0n) is 70.3. The molecule has 8 nitrogen and oxygen atoms in total. The fourth-order valence-corrected chi connectivity index (χ4v) is 23.2. The molecule has 0 bridgehead atoms. The molecule has 14 heteroatoms. The second-order valence-corrected chi connectivity index (χ2v) is 39.3. The maximum absolute atomic E-state index is 16.6. The van der Waals surface area contributed by atoms with Gasteiger partial charge in [0.05, 0.1) is 45.5 Å². The number of hydrogen-bond donors (Lipinski definition) is 2. The van der Waals surface area contributed by atoms with Crippen LogP contribution in [0.5, 0.6) is 11.5 Å². The number of amides is 2. The smallest absolute Gasteiger partial charge is 0.261 e. The number of aliphatic hydroxyl groups excluding tert-OH is 2. The Morgan fingerprint density at radius 1 is 0.263 bits per heavy atom. The highest BCUT2D eigenvalue weighted by molar-refractivity contribution is 7.28. The van der Waals surface area contributed by atoms with Gasteiger partial charge in [0.2, 0.25) is 0 Å². The molecule has 8 heterocycles. The van der Waals surface area contributed by atoms with E-state index in [4.69, 9.17) is 19.7 Å². The molecule has 10 rings (SSSR count). The number of carbonyl (C=O) groups is 2. The zero-order chi connectivity index (χ0) is 79.6. The second kappa shape index (κ2) is 52.5. The molecule has 2 amide bonds. The fraction of sp³-hybridized carbons (Fsp3) is 0.580. The molecule has 2 aromatic carbocycles. The Kier molecular flexibility index (Phi) is 41.9. The Balaban J connectivity index is 0.927. The van der Waals surface area contributed by atoms with E-state index in [9.17, 15) is 0 Å². The third-order valence-corrected chi connectivity index (χ3v) is 30.8. The van der Waals surface area contributed by atoms with E-state index >= 15 is 9.59 Å². The van der Waals surface area contributed by atoms with Crippen molar-refractivity contribution in [2.45, 2.75) is 323 Å². The van der Waals surface area contributed by atoms with Crippen molar-refractivity contribution in [3.05, 3.63) is 142 Å². The molecule has 0 fully saturated rings. The monoisotopic (exact) mass is 1660 g/mol. The third-order valence-electron chi connectivity index (χ3n) is 23.4. The number of fused-ring (bicyclic) bond motifs is 1. The van der Waals surface area contributed by atoms with Gasteiger partial charge < -0.3 is 29.5 Å². The Hall–Kier alpha value is -5.42. The van der Waals surface area contributed by atoms with Crippen molar-refractivity contribution < 1.29 is 29.3 Å². The van der Waals surface area contributed by atoms with E-state index < -0.39 is 0 Å². The summed E-state index contributed by atoms with van der Waals surface area (Å²) in [6, 6.07) is 44.5. The number of carbonyl (C=O) groups excluding carboxylic acids is 2. The van der Waals surface area contributed by atoms with Crippen LogP contribution in [0.25, 0.3) is 71.3 Å². The van der Waals surface area contributed by atoms with Crippen molar-refractivity contribution in [2.75, 3.05) is 39.5 Å². The topological polar surface area (TPSA) is 99.5 Å². The summed E-state index contributed by atoms with van der Waals surface area (Å²) in [5.41, 5.74) is 5.33. The van der Waals surface area contributed by atoms with Crippen molar-refractivity contribution in [1.29, 1.82) is 0 Å². The molecule has 0 unspecified atom stereocenters. The van der Waals surface area contributed by atoms with Crippen molar-refractivity contribution >= 4 is 91.2 Å². The zero-order valence-corrected chi connectivity index (χ0v) is 75.2. The number of rotatable bonds is 64. The average Bonchev–Trinajstić information content (AvgIpc) is 1.55. The second-order valence-electron chi connectivity index (χ2n) is 32.8. The summed E-state index contributed by atoms with van der Waals surface area (Å²) in [5.74, 6) is 2.52. The van der Waals surface area contributed by atoms with Crippen LogP contribution < -0.4 is 9.47 Å². The van der Waals surface area contributed by atoms with E-state index in [1.54, 1.807) is 22.7 Å². The van der Waals surface area contributed by atoms with Crippen molar-refractivity contribution in [3.8, 4) is 71.4 Å². The van der Waals surface area contributed by atoms with Gasteiger partial charge in [-0.15, -0.1) is 68.0 Å². The van der Waals surface area contributed by atoms with Crippen molar-refractivity contribution in [1.82, 2.24) is 9.80 Å². The first-order valence-corrected chi connectivity index (χ1v) is 50.5. The minimum Gasteiger partial charge on any atom is -0.494 e. The molecule has 0 atom stereocenters. The normalized spacial score (nSPS) is 13.2. The molecule has 8 aromatic rings. The van der Waals surface area contributed by atoms with Gasteiger partial charge in [0.25, 0.3) is 11.8 Å². The number of thiophene rings is 6. The highest BCUT2D eigenvalue weighted by atomic mass is 32.1. The SMILES string of the molecule is CCCCCCCCC(CCCCCCCC)CN1C(=O)C2=C(c3ccc(-c4ccc(-c5ccc(-c6ccc(OCCCCCCCCCCCO)cc6)s5)s4)s3)N(CC(CCCCCCCC)CCCCCCCC)C(=O)C2=C1c1ccc(-c2ccc(-c3ccc(-c4ccc(OCCCCCCCCCCCO)cc4)s3)s2)s1. The fourth-order valence-electron chi connectivity index (χ4n) is 16.6. The number of aliphatic hydroxyl groups is 2. The summed E-state index contributed by atoms with van der Waals surface area (Å²) >= 11 is 10.8. The predicted molar refractivity (Wildman–Crippen MR) is 497 cm³/mol. The molecule has 114 heavy (non-hydrogen) atoms. The summed E-state index contributed by atoms with van der Waals surface area (Å²) in [5, 5.41) is 18.1.